The van der Waals surface area contributed by atoms with Gasteiger partial charge in [-0.05, 0) is 32.1 Å². The molecule has 1 N–H and O–H groups in total. The monoisotopic (exact) mass is 882 g/mol. The van der Waals surface area contributed by atoms with Crippen molar-refractivity contribution in [1.29, 1.82) is 0 Å². The molecule has 3 nitrogen and oxygen atoms in total. The Labute approximate surface area is 397 Å². The van der Waals surface area contributed by atoms with Gasteiger partial charge in [-0.3, -0.25) is 0 Å². The van der Waals surface area contributed by atoms with E-state index in [0.29, 0.717) is 13.2 Å². The second-order valence-corrected chi connectivity index (χ2v) is 20.7. The second kappa shape index (κ2) is 51.9. The van der Waals surface area contributed by atoms with Crippen molar-refractivity contribution in [3.63, 3.8) is 0 Å². The molecule has 1 aromatic rings. The Morgan fingerprint density at radius 1 is 0.349 bits per heavy atom. The maximum absolute atomic E-state index is 10.3. The summed E-state index contributed by atoms with van der Waals surface area (Å²) >= 11 is 0. The number of hydrogen-bond donors (Lipinski definition) is 1. The molecule has 0 saturated carbocycles. The van der Waals surface area contributed by atoms with Crippen molar-refractivity contribution in [1.82, 2.24) is 4.90 Å². The van der Waals surface area contributed by atoms with Gasteiger partial charge in [-0.1, -0.05) is 327 Å². The van der Waals surface area contributed by atoms with Gasteiger partial charge in [0.25, 0.3) is 0 Å². The first kappa shape index (κ1) is 60.0. The lowest BCUT2D eigenvalue weighted by Gasteiger charge is -2.20. The molecule has 0 spiro atoms. The van der Waals surface area contributed by atoms with Gasteiger partial charge in [0.05, 0.1) is 0 Å². The van der Waals surface area contributed by atoms with E-state index in [-0.39, 0.29) is 0 Å². The molecule has 1 unspecified atom stereocenters. The lowest BCUT2D eigenvalue weighted by Crippen LogP contribution is -2.33. The molecule has 372 valence electrons. The van der Waals surface area contributed by atoms with Crippen LogP contribution < -0.4 is 4.74 Å². The van der Waals surface area contributed by atoms with Gasteiger partial charge in [0.15, 0.2) is 0 Å². The Bertz CT molecular complexity index is 953. The minimum absolute atomic E-state index is 0.355. The number of nitrogens with zero attached hydrogens (tertiary/aromatic N) is 1. The van der Waals surface area contributed by atoms with Crippen LogP contribution in [0.2, 0.25) is 0 Å². The molecule has 1 rings (SSSR count). The molecule has 1 atom stereocenters. The van der Waals surface area contributed by atoms with Crippen LogP contribution in [0.25, 0.3) is 0 Å². The topological polar surface area (TPSA) is 32.7 Å². The van der Waals surface area contributed by atoms with Crippen LogP contribution in [-0.2, 0) is 0 Å². The number of unbranched alkanes of at least 4 members (excludes halogenated alkanes) is 47. The van der Waals surface area contributed by atoms with Crippen molar-refractivity contribution in [3.05, 3.63) is 30.3 Å². The Balaban J connectivity index is 1.63. The summed E-state index contributed by atoms with van der Waals surface area (Å²) in [5, 5.41) is 10.3. The van der Waals surface area contributed by atoms with Crippen LogP contribution in [0.3, 0.4) is 0 Å². The first-order valence-corrected chi connectivity index (χ1v) is 29.3. The summed E-state index contributed by atoms with van der Waals surface area (Å²) in [5.41, 5.74) is 0. The summed E-state index contributed by atoms with van der Waals surface area (Å²) in [5.74, 6) is 0.826. The molecule has 0 aliphatic carbocycles. The second-order valence-electron chi connectivity index (χ2n) is 20.7. The van der Waals surface area contributed by atoms with Crippen molar-refractivity contribution in [2.45, 2.75) is 321 Å². The lowest BCUT2D eigenvalue weighted by atomic mass is 10.0. The van der Waals surface area contributed by atoms with Crippen molar-refractivity contribution in [2.24, 2.45) is 0 Å². The largest absolute Gasteiger partial charge is 0.491 e. The fourth-order valence-electron chi connectivity index (χ4n) is 9.80. The average Bonchev–Trinajstić information content (AvgIpc) is 3.29. The molecular weight excluding hydrogens is 767 g/mol. The van der Waals surface area contributed by atoms with E-state index in [4.69, 9.17) is 4.74 Å². The minimum Gasteiger partial charge on any atom is -0.491 e. The highest BCUT2D eigenvalue weighted by atomic mass is 16.5. The third-order valence-corrected chi connectivity index (χ3v) is 14.1. The first-order valence-electron chi connectivity index (χ1n) is 29.3. The van der Waals surface area contributed by atoms with Crippen LogP contribution in [0.4, 0.5) is 0 Å². The predicted octanol–water partition coefficient (Wildman–Crippen LogP) is 20.1. The SMILES string of the molecule is CCCCCCCCCCCCCCCCCCCCCCCCCCCCCCCCCCCCCCCCCCCCCCCCCCN(C)CC(O)COc1ccccc1. The van der Waals surface area contributed by atoms with Gasteiger partial charge in [0.1, 0.15) is 18.5 Å². The molecule has 0 aromatic heterocycles. The molecule has 1 aromatic carbocycles. The van der Waals surface area contributed by atoms with Gasteiger partial charge in [0, 0.05) is 6.54 Å². The van der Waals surface area contributed by atoms with E-state index in [1.807, 2.05) is 30.3 Å². The number of para-hydroxylation sites is 1. The van der Waals surface area contributed by atoms with Crippen LogP contribution in [0.1, 0.15) is 315 Å². The van der Waals surface area contributed by atoms with Gasteiger partial charge in [-0.2, -0.15) is 0 Å². The summed E-state index contributed by atoms with van der Waals surface area (Å²) < 4.78 is 5.68. The van der Waals surface area contributed by atoms with E-state index in [9.17, 15) is 5.11 Å². The summed E-state index contributed by atoms with van der Waals surface area (Å²) in [6.07, 6.45) is 69.7. The molecule has 0 radical (unpaired) electrons. The lowest BCUT2D eigenvalue weighted by molar-refractivity contribution is 0.0759. The van der Waals surface area contributed by atoms with E-state index in [1.54, 1.807) is 0 Å². The molecule has 0 aliphatic rings. The molecule has 0 bridgehead atoms. The Morgan fingerprint density at radius 3 is 0.810 bits per heavy atom. The van der Waals surface area contributed by atoms with E-state index < -0.39 is 6.10 Å². The summed E-state index contributed by atoms with van der Waals surface area (Å²) in [4.78, 5) is 2.24. The average molecular weight is 883 g/mol. The smallest absolute Gasteiger partial charge is 0.119 e. The zero-order valence-electron chi connectivity index (χ0n) is 43.3. The number of benzene rings is 1. The summed E-state index contributed by atoms with van der Waals surface area (Å²) in [6.45, 7) is 4.40. The van der Waals surface area contributed by atoms with Gasteiger partial charge >= 0.3 is 0 Å². The number of hydrogen-bond acceptors (Lipinski definition) is 3. The molecule has 3 heteroatoms. The van der Waals surface area contributed by atoms with Crippen LogP contribution in [0.5, 0.6) is 5.75 Å². The highest BCUT2D eigenvalue weighted by molar-refractivity contribution is 5.20. The summed E-state index contributed by atoms with van der Waals surface area (Å²) in [7, 11) is 2.11. The van der Waals surface area contributed by atoms with E-state index >= 15 is 0 Å². The molecular formula is C60H115NO2. The maximum Gasteiger partial charge on any atom is 0.119 e. The third-order valence-electron chi connectivity index (χ3n) is 14.1. The standard InChI is InChI=1S/C60H115NO2/c1-3-4-5-6-7-8-9-10-11-12-13-14-15-16-17-18-19-20-21-22-23-24-25-26-27-28-29-30-31-32-33-34-35-36-37-38-39-40-41-42-43-44-45-46-47-48-49-53-56-61(2)57-59(62)58-63-60-54-51-50-52-55-60/h50-52,54-55,59,62H,3-49,53,56-58H2,1-2H3. The van der Waals surface area contributed by atoms with Crippen molar-refractivity contribution < 1.29 is 9.84 Å². The van der Waals surface area contributed by atoms with Gasteiger partial charge in [-0.15, -0.1) is 0 Å². The Morgan fingerprint density at radius 2 is 0.571 bits per heavy atom. The number of likely N-dealkylation sites (N-methyl/N-ethyl adjacent to an activating group) is 1. The van der Waals surface area contributed by atoms with Crippen LogP contribution >= 0.6 is 0 Å². The zero-order chi connectivity index (χ0) is 45.0. The van der Waals surface area contributed by atoms with Gasteiger partial charge < -0.3 is 14.7 Å². The molecule has 0 aliphatic heterocycles. The fourth-order valence-corrected chi connectivity index (χ4v) is 9.80. The summed E-state index contributed by atoms with van der Waals surface area (Å²) in [6, 6.07) is 9.77. The molecule has 0 heterocycles. The minimum atomic E-state index is -0.442. The number of rotatable bonds is 54. The highest BCUT2D eigenvalue weighted by Gasteiger charge is 2.09. The molecule has 0 amide bonds. The fraction of sp³-hybridized carbons (Fsp3) is 0.900. The van der Waals surface area contributed by atoms with Crippen LogP contribution in [0.15, 0.2) is 30.3 Å². The molecule has 63 heavy (non-hydrogen) atoms. The normalized spacial score (nSPS) is 12.2. The van der Waals surface area contributed by atoms with Crippen LogP contribution in [-0.4, -0.2) is 42.9 Å². The molecule has 0 saturated heterocycles. The van der Waals surface area contributed by atoms with Crippen molar-refractivity contribution >= 4 is 0 Å². The third kappa shape index (κ3) is 48.7. The van der Waals surface area contributed by atoms with Crippen molar-refractivity contribution in [3.8, 4) is 5.75 Å². The quantitative estimate of drug-likeness (QED) is 0.0662. The first-order chi connectivity index (χ1) is 31.2. The number of ether oxygens (including phenoxy) is 1. The Hall–Kier alpha value is -1.06. The maximum atomic E-state index is 10.3. The predicted molar refractivity (Wildman–Crippen MR) is 283 cm³/mol. The Kier molecular flexibility index (Phi) is 49.4. The highest BCUT2D eigenvalue weighted by Crippen LogP contribution is 2.19. The molecule has 0 fully saturated rings. The van der Waals surface area contributed by atoms with Gasteiger partial charge in [-0.25, -0.2) is 0 Å². The van der Waals surface area contributed by atoms with Crippen LogP contribution in [0, 0.1) is 0 Å². The van der Waals surface area contributed by atoms with Gasteiger partial charge in [0.2, 0.25) is 0 Å². The van der Waals surface area contributed by atoms with Crippen molar-refractivity contribution in [2.75, 3.05) is 26.7 Å². The van der Waals surface area contributed by atoms with E-state index in [0.717, 1.165) is 12.3 Å². The van der Waals surface area contributed by atoms with E-state index in [2.05, 4.69) is 18.9 Å². The number of aliphatic hydroxyl groups excluding tert-OH is 1. The van der Waals surface area contributed by atoms with E-state index in [1.165, 1.54) is 308 Å². The number of aliphatic hydroxyl groups is 1. The zero-order valence-corrected chi connectivity index (χ0v) is 43.3.